The summed E-state index contributed by atoms with van der Waals surface area (Å²) in [5.41, 5.74) is 0. The number of aliphatic hydroxyl groups excluding tert-OH is 4. The summed E-state index contributed by atoms with van der Waals surface area (Å²) >= 11 is 0. The zero-order valence-electron chi connectivity index (χ0n) is 16.0. The van der Waals surface area contributed by atoms with Crippen LogP contribution in [0.4, 0.5) is 0 Å². The number of Topliss-reactive ketones (excluding diaryl/α,β-unsaturated/α-hetero) is 1. The molecule has 1 heterocycles. The maximum atomic E-state index is 11.9. The number of carbonyl (C=O) groups excluding carboxylic acids is 2. The average Bonchev–Trinajstić information content (AvgIpc) is 2.96. The van der Waals surface area contributed by atoms with E-state index in [9.17, 15) is 30.0 Å². The summed E-state index contributed by atoms with van der Waals surface area (Å²) in [7, 11) is 0. The molecule has 0 bridgehead atoms. The van der Waals surface area contributed by atoms with Crippen molar-refractivity contribution in [3.63, 3.8) is 0 Å². The molecule has 4 N–H and O–H groups in total. The minimum atomic E-state index is -1.48. The molecular weight excluding hydrogens is 399 g/mol. The molecule has 154 valence electrons. The molecule has 0 aromatic rings. The molecule has 1 aliphatic carbocycles. The second-order valence-corrected chi connectivity index (χ2v) is 7.01. The molecule has 0 unspecified atom stereocenters. The van der Waals surface area contributed by atoms with E-state index in [0.29, 0.717) is 25.7 Å². The molecule has 1 saturated carbocycles. The fourth-order valence-electron chi connectivity index (χ4n) is 3.58. The fraction of sp³-hybridized carbons (Fsp3) is 0.778. The van der Waals surface area contributed by atoms with Crippen molar-refractivity contribution in [1.29, 1.82) is 0 Å². The molecule has 0 amide bonds. The molecule has 10 heteroatoms. The number of aliphatic carboxylic acids is 1. The molecule has 9 nitrogen and oxygen atoms in total. The van der Waals surface area contributed by atoms with Crippen LogP contribution in [0.25, 0.3) is 0 Å². The van der Waals surface area contributed by atoms with Gasteiger partial charge in [-0.2, -0.15) is 0 Å². The molecular formula is C18H27KO9. The largest absolute Gasteiger partial charge is 1.00 e. The topological polar surface area (TPSA) is 157 Å². The Bertz CT molecular complexity index is 539. The number of carboxylic acid groups (broad SMARTS) is 1. The molecule has 1 aliphatic heterocycles. The summed E-state index contributed by atoms with van der Waals surface area (Å²) in [6, 6.07) is 0. The van der Waals surface area contributed by atoms with Crippen molar-refractivity contribution in [1.82, 2.24) is 0 Å². The van der Waals surface area contributed by atoms with Gasteiger partial charge in [0.15, 0.2) is 6.29 Å². The van der Waals surface area contributed by atoms with Gasteiger partial charge in [-0.25, -0.2) is 0 Å². The minimum absolute atomic E-state index is 0. The van der Waals surface area contributed by atoms with Crippen LogP contribution in [0.15, 0.2) is 12.2 Å². The third kappa shape index (κ3) is 7.20. The molecule has 0 spiro atoms. The Morgan fingerprint density at radius 3 is 2.57 bits per heavy atom. The number of rotatable bonds is 9. The number of ether oxygens (including phenoxy) is 2. The first kappa shape index (κ1) is 26.3. The van der Waals surface area contributed by atoms with Gasteiger partial charge >= 0.3 is 51.4 Å². The van der Waals surface area contributed by atoms with Crippen molar-refractivity contribution in [2.75, 3.05) is 13.2 Å². The van der Waals surface area contributed by atoms with Gasteiger partial charge in [0.25, 0.3) is 0 Å². The number of aliphatic hydroxyl groups is 4. The Labute approximate surface area is 206 Å². The van der Waals surface area contributed by atoms with Crippen LogP contribution in [0.5, 0.6) is 0 Å². The third-order valence-electron chi connectivity index (χ3n) is 5.14. The Morgan fingerprint density at radius 2 is 1.93 bits per heavy atom. The van der Waals surface area contributed by atoms with E-state index < -0.39 is 43.3 Å². The summed E-state index contributed by atoms with van der Waals surface area (Å²) in [5.74, 6) is -1.55. The minimum Gasteiger partial charge on any atom is -0.550 e. The second kappa shape index (κ2) is 12.9. The van der Waals surface area contributed by atoms with Gasteiger partial charge in [-0.1, -0.05) is 12.2 Å². The molecule has 7 atom stereocenters. The molecule has 1 saturated heterocycles. The van der Waals surface area contributed by atoms with Gasteiger partial charge in [0.05, 0.1) is 13.2 Å². The molecule has 0 aromatic heterocycles. The van der Waals surface area contributed by atoms with E-state index in [1.54, 1.807) is 12.2 Å². The van der Waals surface area contributed by atoms with Gasteiger partial charge in [0, 0.05) is 18.3 Å². The third-order valence-corrected chi connectivity index (χ3v) is 5.14. The normalized spacial score (nSPS) is 35.9. The average molecular weight is 427 g/mol. The monoisotopic (exact) mass is 426 g/mol. The van der Waals surface area contributed by atoms with Gasteiger partial charge in [0.1, 0.15) is 30.2 Å². The standard InChI is InChI=1S/C18H28O9.K/c19-9-13-15(23)16(24)17(25)18(27-13)26-7-3-1-2-4-11-10(8-14(21)22)5-6-12(11)20;/h1-2,10-11,13,15-19,23-25H,3-9H2,(H,21,22);/q;+1/p-1/b2-1-;/t10-,11-,13+,15+,16-,17+,18+;/m1./s1. The van der Waals surface area contributed by atoms with E-state index in [1.165, 1.54) is 0 Å². The fourth-order valence-corrected chi connectivity index (χ4v) is 3.58. The number of hydrogen-bond donors (Lipinski definition) is 4. The van der Waals surface area contributed by atoms with Crippen LogP contribution in [0.1, 0.15) is 32.1 Å². The Kier molecular flexibility index (Phi) is 12.1. The molecule has 0 radical (unpaired) electrons. The van der Waals surface area contributed by atoms with Gasteiger partial charge in [-0.15, -0.1) is 0 Å². The van der Waals surface area contributed by atoms with Gasteiger partial charge < -0.3 is 39.8 Å². The molecule has 28 heavy (non-hydrogen) atoms. The van der Waals surface area contributed by atoms with E-state index in [-0.39, 0.29) is 82.0 Å². The van der Waals surface area contributed by atoms with Gasteiger partial charge in [0.2, 0.25) is 0 Å². The van der Waals surface area contributed by atoms with Crippen molar-refractivity contribution in [2.24, 2.45) is 11.8 Å². The molecule has 2 fully saturated rings. The zero-order valence-corrected chi connectivity index (χ0v) is 19.1. The maximum Gasteiger partial charge on any atom is 1.00 e. The molecule has 2 rings (SSSR count). The summed E-state index contributed by atoms with van der Waals surface area (Å²) in [4.78, 5) is 22.6. The van der Waals surface area contributed by atoms with Crippen LogP contribution < -0.4 is 56.5 Å². The number of allylic oxidation sites excluding steroid dienone is 1. The second-order valence-electron chi connectivity index (χ2n) is 7.01. The summed E-state index contributed by atoms with van der Waals surface area (Å²) in [6.45, 7) is -0.368. The van der Waals surface area contributed by atoms with E-state index in [0.717, 1.165) is 0 Å². The van der Waals surface area contributed by atoms with Crippen LogP contribution >= 0.6 is 0 Å². The first-order chi connectivity index (χ1) is 12.8. The van der Waals surface area contributed by atoms with Crippen molar-refractivity contribution in [2.45, 2.75) is 62.8 Å². The van der Waals surface area contributed by atoms with Crippen LogP contribution in [0.3, 0.4) is 0 Å². The number of carbonyl (C=O) groups is 2. The predicted molar refractivity (Wildman–Crippen MR) is 88.9 cm³/mol. The first-order valence-electron chi connectivity index (χ1n) is 9.14. The van der Waals surface area contributed by atoms with Crippen LogP contribution in [-0.2, 0) is 19.1 Å². The van der Waals surface area contributed by atoms with Crippen molar-refractivity contribution >= 4 is 11.8 Å². The molecule has 0 aromatic carbocycles. The van der Waals surface area contributed by atoms with Crippen LogP contribution in [0.2, 0.25) is 0 Å². The predicted octanol–water partition coefficient (Wildman–Crippen LogP) is -5.12. The van der Waals surface area contributed by atoms with Crippen molar-refractivity contribution < 1.29 is 96.0 Å². The SMILES string of the molecule is O=C([O-])C[C@H]1CCC(=O)[C@@H]1C/C=C\CCO[C@H]1O[C@@H](CO)[C@H](O)[C@@H](O)[C@@H]1O.[K+]. The van der Waals surface area contributed by atoms with E-state index in [2.05, 4.69) is 0 Å². The smallest absolute Gasteiger partial charge is 0.550 e. The van der Waals surface area contributed by atoms with Crippen molar-refractivity contribution in [3.05, 3.63) is 12.2 Å². The maximum absolute atomic E-state index is 11.9. The number of hydrogen-bond acceptors (Lipinski definition) is 9. The molecule has 2 aliphatic rings. The summed E-state index contributed by atoms with van der Waals surface area (Å²) in [5, 5.41) is 49.1. The summed E-state index contributed by atoms with van der Waals surface area (Å²) in [6.07, 6.45) is -1.18. The Morgan fingerprint density at radius 1 is 1.21 bits per heavy atom. The van der Waals surface area contributed by atoms with E-state index in [4.69, 9.17) is 14.6 Å². The first-order valence-corrected chi connectivity index (χ1v) is 9.14. The quantitative estimate of drug-likeness (QED) is 0.161. The van der Waals surface area contributed by atoms with Crippen molar-refractivity contribution in [3.8, 4) is 0 Å². The van der Waals surface area contributed by atoms with Gasteiger partial charge in [-0.3, -0.25) is 4.79 Å². The van der Waals surface area contributed by atoms with E-state index >= 15 is 0 Å². The summed E-state index contributed by atoms with van der Waals surface area (Å²) < 4.78 is 10.6. The zero-order chi connectivity index (χ0) is 20.0. The van der Waals surface area contributed by atoms with Crippen LogP contribution in [0, 0.1) is 11.8 Å². The van der Waals surface area contributed by atoms with Gasteiger partial charge in [-0.05, 0) is 31.6 Å². The Balaban J connectivity index is 0.00000392. The van der Waals surface area contributed by atoms with Crippen LogP contribution in [-0.4, -0.2) is 76.1 Å². The van der Waals surface area contributed by atoms with E-state index in [1.807, 2.05) is 0 Å². The Hall–Kier alpha value is 0.276. The number of carboxylic acids is 1. The number of ketones is 1.